The SMILES string of the molecule is CC(=O)Nc1cc(Oc2ccc(NC(=O)NC(=O)C3(C)CCC3)nc2)ccn1. The first-order chi connectivity index (χ1) is 13.3. The maximum absolute atomic E-state index is 12.1. The van der Waals surface area contributed by atoms with Gasteiger partial charge in [-0.1, -0.05) is 13.3 Å². The topological polar surface area (TPSA) is 122 Å². The van der Waals surface area contributed by atoms with Crippen LogP contribution >= 0.6 is 0 Å². The van der Waals surface area contributed by atoms with Gasteiger partial charge < -0.3 is 10.1 Å². The number of anilines is 2. The molecule has 0 spiro atoms. The van der Waals surface area contributed by atoms with Crippen molar-refractivity contribution in [2.45, 2.75) is 33.1 Å². The van der Waals surface area contributed by atoms with E-state index in [0.29, 0.717) is 17.3 Å². The number of ether oxygens (including phenoxy) is 1. The van der Waals surface area contributed by atoms with Gasteiger partial charge in [0, 0.05) is 24.6 Å². The highest BCUT2D eigenvalue weighted by Crippen LogP contribution is 2.40. The molecule has 2 aromatic rings. The van der Waals surface area contributed by atoms with Crippen LogP contribution in [0.5, 0.6) is 11.5 Å². The van der Waals surface area contributed by atoms with Crippen LogP contribution in [0.25, 0.3) is 0 Å². The van der Waals surface area contributed by atoms with E-state index in [-0.39, 0.29) is 17.6 Å². The summed E-state index contributed by atoms with van der Waals surface area (Å²) in [5, 5.41) is 7.43. The summed E-state index contributed by atoms with van der Waals surface area (Å²) in [6.07, 6.45) is 5.51. The van der Waals surface area contributed by atoms with Gasteiger partial charge in [-0.25, -0.2) is 14.8 Å². The lowest BCUT2D eigenvalue weighted by atomic mass is 9.70. The third-order valence-electron chi connectivity index (χ3n) is 4.48. The Balaban J connectivity index is 1.55. The molecule has 0 aliphatic heterocycles. The first-order valence-electron chi connectivity index (χ1n) is 8.84. The van der Waals surface area contributed by atoms with Crippen LogP contribution in [0, 0.1) is 5.41 Å². The Bertz CT molecular complexity index is 893. The van der Waals surface area contributed by atoms with Gasteiger partial charge >= 0.3 is 6.03 Å². The molecule has 0 saturated heterocycles. The smallest absolute Gasteiger partial charge is 0.327 e. The molecule has 9 nitrogen and oxygen atoms in total. The van der Waals surface area contributed by atoms with Crippen LogP contribution < -0.4 is 20.7 Å². The van der Waals surface area contributed by atoms with Crippen LogP contribution in [-0.4, -0.2) is 27.8 Å². The number of carbonyl (C=O) groups excluding carboxylic acids is 3. The highest BCUT2D eigenvalue weighted by Gasteiger charge is 2.39. The second-order valence-corrected chi connectivity index (χ2v) is 6.86. The molecule has 0 aromatic carbocycles. The molecule has 2 aromatic heterocycles. The summed E-state index contributed by atoms with van der Waals surface area (Å²) in [6, 6.07) is 5.77. The highest BCUT2D eigenvalue weighted by atomic mass is 16.5. The summed E-state index contributed by atoms with van der Waals surface area (Å²) >= 11 is 0. The number of hydrogen-bond donors (Lipinski definition) is 3. The van der Waals surface area contributed by atoms with Crippen molar-refractivity contribution in [1.82, 2.24) is 15.3 Å². The average Bonchev–Trinajstić information content (AvgIpc) is 2.61. The van der Waals surface area contributed by atoms with Crippen LogP contribution in [0.15, 0.2) is 36.7 Å². The quantitative estimate of drug-likeness (QED) is 0.729. The van der Waals surface area contributed by atoms with Gasteiger partial charge in [0.1, 0.15) is 23.1 Å². The van der Waals surface area contributed by atoms with E-state index in [1.807, 2.05) is 6.92 Å². The fraction of sp³-hybridized carbons (Fsp3) is 0.316. The lowest BCUT2D eigenvalue weighted by Crippen LogP contribution is -2.47. The number of carbonyl (C=O) groups is 3. The van der Waals surface area contributed by atoms with E-state index in [1.54, 1.807) is 24.3 Å². The van der Waals surface area contributed by atoms with E-state index in [0.717, 1.165) is 19.3 Å². The summed E-state index contributed by atoms with van der Waals surface area (Å²) in [6.45, 7) is 3.24. The van der Waals surface area contributed by atoms with Gasteiger partial charge in [-0.15, -0.1) is 0 Å². The molecule has 4 amide bonds. The largest absolute Gasteiger partial charge is 0.456 e. The van der Waals surface area contributed by atoms with Crippen molar-refractivity contribution < 1.29 is 19.1 Å². The Morgan fingerprint density at radius 2 is 1.82 bits per heavy atom. The van der Waals surface area contributed by atoms with Crippen molar-refractivity contribution in [3.05, 3.63) is 36.7 Å². The number of aromatic nitrogens is 2. The zero-order chi connectivity index (χ0) is 20.1. The molecule has 3 N–H and O–H groups in total. The molecule has 1 aliphatic carbocycles. The van der Waals surface area contributed by atoms with Gasteiger partial charge in [0.2, 0.25) is 11.8 Å². The van der Waals surface area contributed by atoms with Gasteiger partial charge in [-0.3, -0.25) is 20.2 Å². The third-order valence-corrected chi connectivity index (χ3v) is 4.48. The van der Waals surface area contributed by atoms with E-state index in [2.05, 4.69) is 25.9 Å². The zero-order valence-corrected chi connectivity index (χ0v) is 15.6. The number of imide groups is 1. The Morgan fingerprint density at radius 3 is 2.43 bits per heavy atom. The second kappa shape index (κ2) is 8.03. The van der Waals surface area contributed by atoms with Crippen LogP contribution in [0.3, 0.4) is 0 Å². The maximum Gasteiger partial charge on any atom is 0.327 e. The molecular formula is C19H21N5O4. The Morgan fingerprint density at radius 1 is 1.04 bits per heavy atom. The molecule has 9 heteroatoms. The predicted octanol–water partition coefficient (Wildman–Crippen LogP) is 3.07. The minimum Gasteiger partial charge on any atom is -0.456 e. The summed E-state index contributed by atoms with van der Waals surface area (Å²) in [5.41, 5.74) is -0.455. The minimum atomic E-state index is -0.617. The zero-order valence-electron chi connectivity index (χ0n) is 15.6. The molecule has 2 heterocycles. The molecule has 1 saturated carbocycles. The molecule has 1 fully saturated rings. The molecule has 146 valence electrons. The number of nitrogens with zero attached hydrogens (tertiary/aromatic N) is 2. The molecule has 0 atom stereocenters. The van der Waals surface area contributed by atoms with E-state index in [4.69, 9.17) is 4.74 Å². The predicted molar refractivity (Wildman–Crippen MR) is 102 cm³/mol. The molecule has 28 heavy (non-hydrogen) atoms. The summed E-state index contributed by atoms with van der Waals surface area (Å²) in [5.74, 6) is 1.05. The van der Waals surface area contributed by atoms with Crippen LogP contribution in [0.4, 0.5) is 16.4 Å². The van der Waals surface area contributed by atoms with Gasteiger partial charge in [0.15, 0.2) is 0 Å². The first-order valence-corrected chi connectivity index (χ1v) is 8.84. The maximum atomic E-state index is 12.1. The van der Waals surface area contributed by atoms with Crippen molar-refractivity contribution in [3.63, 3.8) is 0 Å². The number of urea groups is 1. The normalized spacial score (nSPS) is 14.4. The van der Waals surface area contributed by atoms with Crippen molar-refractivity contribution in [3.8, 4) is 11.5 Å². The fourth-order valence-corrected chi connectivity index (χ4v) is 2.71. The molecule has 3 rings (SSSR count). The lowest BCUT2D eigenvalue weighted by Gasteiger charge is -2.36. The van der Waals surface area contributed by atoms with Gasteiger partial charge in [0.25, 0.3) is 0 Å². The first kappa shape index (κ1) is 19.3. The standard InChI is InChI=1S/C19H21N5O4/c1-12(25)22-16-10-13(6-9-20-16)28-14-4-5-15(21-11-14)23-18(27)24-17(26)19(2)7-3-8-19/h4-6,9-11H,3,7-8H2,1-2H3,(H,20,22,25)(H2,21,23,24,26,27). The number of rotatable bonds is 5. The van der Waals surface area contributed by atoms with Crippen molar-refractivity contribution in [2.24, 2.45) is 5.41 Å². The fourth-order valence-electron chi connectivity index (χ4n) is 2.71. The second-order valence-electron chi connectivity index (χ2n) is 6.86. The summed E-state index contributed by atoms with van der Waals surface area (Å²) in [4.78, 5) is 43.2. The monoisotopic (exact) mass is 383 g/mol. The van der Waals surface area contributed by atoms with E-state index < -0.39 is 11.4 Å². The van der Waals surface area contributed by atoms with Crippen LogP contribution in [0.2, 0.25) is 0 Å². The Kier molecular flexibility index (Phi) is 5.53. The highest BCUT2D eigenvalue weighted by molar-refractivity contribution is 6.02. The van der Waals surface area contributed by atoms with Crippen LogP contribution in [0.1, 0.15) is 33.1 Å². The summed E-state index contributed by atoms with van der Waals surface area (Å²) in [7, 11) is 0. The number of hydrogen-bond acceptors (Lipinski definition) is 6. The van der Waals surface area contributed by atoms with Crippen molar-refractivity contribution in [1.29, 1.82) is 0 Å². The molecule has 1 aliphatic rings. The van der Waals surface area contributed by atoms with Gasteiger partial charge in [0.05, 0.1) is 6.20 Å². The van der Waals surface area contributed by atoms with Gasteiger partial charge in [-0.2, -0.15) is 0 Å². The molecule has 0 radical (unpaired) electrons. The lowest BCUT2D eigenvalue weighted by molar-refractivity contribution is -0.133. The average molecular weight is 383 g/mol. The molecule has 0 unspecified atom stereocenters. The van der Waals surface area contributed by atoms with E-state index >= 15 is 0 Å². The van der Waals surface area contributed by atoms with E-state index in [9.17, 15) is 14.4 Å². The third kappa shape index (κ3) is 4.81. The van der Waals surface area contributed by atoms with E-state index in [1.165, 1.54) is 19.3 Å². The Labute approximate surface area is 161 Å². The minimum absolute atomic E-state index is 0.232. The van der Waals surface area contributed by atoms with Gasteiger partial charge in [-0.05, 0) is 31.0 Å². The number of nitrogens with one attached hydrogen (secondary N) is 3. The number of amides is 4. The van der Waals surface area contributed by atoms with Crippen molar-refractivity contribution >= 4 is 29.5 Å². The van der Waals surface area contributed by atoms with Crippen LogP contribution in [-0.2, 0) is 9.59 Å². The summed E-state index contributed by atoms with van der Waals surface area (Å²) < 4.78 is 5.66. The molecule has 0 bridgehead atoms. The Hall–Kier alpha value is -3.49. The molecular weight excluding hydrogens is 362 g/mol. The number of pyridine rings is 2. The van der Waals surface area contributed by atoms with Crippen molar-refractivity contribution in [2.75, 3.05) is 10.6 Å².